The zero-order valence-electron chi connectivity index (χ0n) is 49.2. The van der Waals surface area contributed by atoms with Crippen molar-refractivity contribution in [2.24, 2.45) is 0 Å². The highest BCUT2D eigenvalue weighted by Gasteiger charge is 2.43. The van der Waals surface area contributed by atoms with E-state index in [-0.39, 0.29) is 21.9 Å². The fourth-order valence-electron chi connectivity index (χ4n) is 10.7. The maximum absolute atomic E-state index is 10.3. The number of nitrogens with zero attached hydrogens (tertiary/aromatic N) is 4. The lowest BCUT2D eigenvalue weighted by molar-refractivity contribution is 0.0397. The summed E-state index contributed by atoms with van der Waals surface area (Å²) in [7, 11) is 0.341. The zero-order chi connectivity index (χ0) is 55.0. The summed E-state index contributed by atoms with van der Waals surface area (Å²) in [4.78, 5) is 7.07. The lowest BCUT2D eigenvalue weighted by Gasteiger charge is -2.38. The van der Waals surface area contributed by atoms with E-state index in [1.165, 1.54) is 181 Å². The van der Waals surface area contributed by atoms with Gasteiger partial charge < -0.3 is 18.8 Å². The number of anilines is 1. The van der Waals surface area contributed by atoms with Gasteiger partial charge in [-0.25, -0.2) is 0 Å². The average molecular weight is 1090 g/mol. The highest BCUT2D eigenvalue weighted by Crippen LogP contribution is 2.57. The van der Waals surface area contributed by atoms with Crippen LogP contribution in [-0.2, 0) is 14.8 Å². The van der Waals surface area contributed by atoms with Crippen LogP contribution in [0.15, 0.2) is 65.0 Å². The predicted octanol–water partition coefficient (Wildman–Crippen LogP) is 21.1. The van der Waals surface area contributed by atoms with Gasteiger partial charge in [-0.05, 0) is 93.6 Å². The van der Waals surface area contributed by atoms with Gasteiger partial charge in [0.25, 0.3) is 0 Å². The third kappa shape index (κ3) is 18.2. The van der Waals surface area contributed by atoms with Gasteiger partial charge in [-0.3, -0.25) is 0 Å². The second-order valence-electron chi connectivity index (χ2n) is 24.1. The Balaban J connectivity index is 1.40. The minimum absolute atomic E-state index is 0.0585. The summed E-state index contributed by atoms with van der Waals surface area (Å²) < 4.78 is 20.2. The van der Waals surface area contributed by atoms with Crippen molar-refractivity contribution in [1.82, 2.24) is 0 Å². The van der Waals surface area contributed by atoms with Gasteiger partial charge in [0.15, 0.2) is 19.6 Å². The molecule has 2 aliphatic heterocycles. The molecule has 0 radical (unpaired) electrons. The number of benzene rings is 1. The molecule has 0 saturated heterocycles. The molecule has 0 aliphatic carbocycles. The number of ether oxygens (including phenoxy) is 2. The Morgan fingerprint density at radius 1 is 0.658 bits per heavy atom. The van der Waals surface area contributed by atoms with Crippen LogP contribution in [0.4, 0.5) is 5.69 Å². The normalized spacial score (nSPS) is 14.8. The van der Waals surface area contributed by atoms with E-state index in [1.54, 1.807) is 11.3 Å². The van der Waals surface area contributed by atoms with Crippen molar-refractivity contribution in [1.29, 1.82) is 15.8 Å². The molecular formula is C66H98N4O3S2Si. The van der Waals surface area contributed by atoms with Crippen molar-refractivity contribution in [3.8, 4) is 44.2 Å². The monoisotopic (exact) mass is 1090 g/mol. The lowest BCUT2D eigenvalue weighted by Crippen LogP contribution is -2.42. The lowest BCUT2D eigenvalue weighted by atomic mass is 9.81. The van der Waals surface area contributed by atoms with Crippen molar-refractivity contribution >= 4 is 42.8 Å². The summed E-state index contributed by atoms with van der Waals surface area (Å²) in [5.74, 6) is 1.00. The van der Waals surface area contributed by atoms with Gasteiger partial charge in [-0.15, -0.1) is 22.7 Å². The number of nitriles is 3. The van der Waals surface area contributed by atoms with E-state index >= 15 is 0 Å². The number of fused-ring (bicyclic) bond motifs is 3. The summed E-state index contributed by atoms with van der Waals surface area (Å²) in [5, 5.41) is 29.9. The molecule has 2 aromatic heterocycles. The van der Waals surface area contributed by atoms with Crippen molar-refractivity contribution < 1.29 is 13.9 Å². The van der Waals surface area contributed by atoms with E-state index in [4.69, 9.17) is 13.9 Å². The molecule has 5 rings (SSSR count). The van der Waals surface area contributed by atoms with Crippen LogP contribution in [0.2, 0.25) is 18.1 Å². The van der Waals surface area contributed by atoms with Crippen LogP contribution < -0.4 is 9.64 Å². The zero-order valence-corrected chi connectivity index (χ0v) is 51.8. The van der Waals surface area contributed by atoms with Gasteiger partial charge in [0, 0.05) is 40.2 Å². The first-order valence-corrected chi connectivity index (χ1v) is 34.6. The third-order valence-electron chi connectivity index (χ3n) is 16.6. The Kier molecular flexibility index (Phi) is 26.0. The highest BCUT2D eigenvalue weighted by atomic mass is 32.1. The van der Waals surface area contributed by atoms with Gasteiger partial charge in [0.2, 0.25) is 0 Å². The number of thiophene rings is 2. The summed E-state index contributed by atoms with van der Waals surface area (Å²) in [6, 6.07) is 19.9. The fraction of sp³-hybridized carbons (Fsp3) is 0.652. The molecule has 2 aliphatic rings. The molecule has 0 N–H and O–H groups in total. The summed E-state index contributed by atoms with van der Waals surface area (Å²) in [5.41, 5.74) is 3.12. The smallest absolute Gasteiger partial charge is 0.192 e. The average Bonchev–Trinajstić information content (AvgIpc) is 4.10. The number of hydrogen-bond donors (Lipinski definition) is 0. The van der Waals surface area contributed by atoms with Gasteiger partial charge >= 0.3 is 0 Å². The first-order valence-electron chi connectivity index (χ1n) is 30.0. The van der Waals surface area contributed by atoms with E-state index in [1.807, 2.05) is 49.5 Å². The number of allylic oxidation sites excluding steroid dienone is 2. The van der Waals surface area contributed by atoms with Gasteiger partial charge in [-0.1, -0.05) is 207 Å². The molecule has 0 atom stereocenters. The Hall–Kier alpha value is -4.11. The van der Waals surface area contributed by atoms with Crippen molar-refractivity contribution in [2.75, 3.05) is 25.1 Å². The summed E-state index contributed by atoms with van der Waals surface area (Å²) in [6.45, 7) is 21.4. The Labute approximate surface area is 472 Å². The molecule has 416 valence electrons. The SMILES string of the molecule is CCCCCCCCCCCCCCCC1(CCCCCCCCCCCCCCC)Oc2cc(/C=C/C3=C(C#N)C(=C(C#N)C#N)OC3(C)C)sc2-c2sc(-c3ccc(N(C)CCO[Si](C)(C)C(C)(C)C)cc3)cc21. The second-order valence-corrected chi connectivity index (χ2v) is 31.1. The molecule has 0 amide bonds. The van der Waals surface area contributed by atoms with Crippen molar-refractivity contribution in [3.63, 3.8) is 0 Å². The largest absolute Gasteiger partial charge is 0.481 e. The molecule has 0 fully saturated rings. The molecule has 0 saturated carbocycles. The van der Waals surface area contributed by atoms with Gasteiger partial charge in [0.1, 0.15) is 40.7 Å². The van der Waals surface area contributed by atoms with E-state index in [9.17, 15) is 15.8 Å². The molecule has 0 unspecified atom stereocenters. The van der Waals surface area contributed by atoms with E-state index in [0.717, 1.165) is 54.3 Å². The first kappa shape index (κ1) is 62.7. The molecule has 1 aromatic carbocycles. The summed E-state index contributed by atoms with van der Waals surface area (Å²) in [6.07, 6.45) is 40.5. The molecule has 76 heavy (non-hydrogen) atoms. The number of hydrogen-bond acceptors (Lipinski definition) is 9. The van der Waals surface area contributed by atoms with Crippen molar-refractivity contribution in [3.05, 3.63) is 75.4 Å². The quantitative estimate of drug-likeness (QED) is 0.0325. The van der Waals surface area contributed by atoms with Crippen LogP contribution in [-0.4, -0.2) is 34.1 Å². The number of likely N-dealkylation sites (N-methyl/N-ethyl adjacent to an activating group) is 1. The molecule has 7 nitrogen and oxygen atoms in total. The second kappa shape index (κ2) is 31.5. The van der Waals surface area contributed by atoms with Crippen LogP contribution >= 0.6 is 22.7 Å². The van der Waals surface area contributed by atoms with Crippen LogP contribution in [0.3, 0.4) is 0 Å². The third-order valence-corrected chi connectivity index (χ3v) is 23.6. The Morgan fingerprint density at radius 3 is 1.61 bits per heavy atom. The molecular weight excluding hydrogens is 989 g/mol. The van der Waals surface area contributed by atoms with E-state index in [0.29, 0.717) is 5.57 Å². The molecule has 0 bridgehead atoms. The number of rotatable bonds is 36. The molecule has 10 heteroatoms. The minimum atomic E-state index is -1.83. The molecule has 0 spiro atoms. The topological polar surface area (TPSA) is 102 Å². The molecule has 4 heterocycles. The number of unbranched alkanes of at least 4 members (excludes halogenated alkanes) is 24. The minimum Gasteiger partial charge on any atom is -0.481 e. The maximum atomic E-state index is 10.3. The van der Waals surface area contributed by atoms with E-state index < -0.39 is 19.5 Å². The highest BCUT2D eigenvalue weighted by molar-refractivity contribution is 7.24. The van der Waals surface area contributed by atoms with Gasteiger partial charge in [0.05, 0.1) is 16.4 Å². The van der Waals surface area contributed by atoms with Crippen LogP contribution in [0.1, 0.15) is 239 Å². The van der Waals surface area contributed by atoms with E-state index in [2.05, 4.69) is 102 Å². The first-order chi connectivity index (χ1) is 36.5. The maximum Gasteiger partial charge on any atom is 0.192 e. The van der Waals surface area contributed by atoms with Gasteiger partial charge in [-0.2, -0.15) is 15.8 Å². The molecule has 3 aromatic rings. The standard InChI is InChI=1S/C66H98N4O3S2Si/c1-11-13-15-17-19-21-23-25-27-29-31-33-35-43-66(44-36-34-32-30-28-26-24-22-20-18-16-14-12-2)58-48-60(52-37-39-54(40-38-52)70(8)45-46-71-76(9,10)64(3,4)5)75-62(58)63-59(72-66)47-55(74-63)41-42-57-56(51-69)61(53(49-67)50-68)73-65(57,6)7/h37-42,47-48H,11-36,43-46H2,1-10H3/b42-41+. The summed E-state index contributed by atoms with van der Waals surface area (Å²) >= 11 is 3.62. The van der Waals surface area contributed by atoms with Crippen molar-refractivity contribution in [2.45, 2.75) is 258 Å². The van der Waals surface area contributed by atoms with Crippen LogP contribution in [0.5, 0.6) is 5.75 Å². The fourth-order valence-corrected chi connectivity index (χ4v) is 14.1. The predicted molar refractivity (Wildman–Crippen MR) is 328 cm³/mol. The Morgan fingerprint density at radius 2 is 1.14 bits per heavy atom. The van der Waals surface area contributed by atoms with Crippen LogP contribution in [0, 0.1) is 34.0 Å². The van der Waals surface area contributed by atoms with Crippen LogP contribution in [0.25, 0.3) is 26.3 Å². The Bertz CT molecular complexity index is 2420.